The molecule has 0 spiro atoms. The van der Waals surface area contributed by atoms with Gasteiger partial charge in [-0.3, -0.25) is 4.79 Å². The van der Waals surface area contributed by atoms with Gasteiger partial charge in [-0.2, -0.15) is 0 Å². The van der Waals surface area contributed by atoms with E-state index in [1.165, 1.54) is 0 Å². The van der Waals surface area contributed by atoms with Crippen molar-refractivity contribution in [1.29, 1.82) is 0 Å². The minimum absolute atomic E-state index is 0.0480. The molecular formula is C16H23NO4. The minimum atomic E-state index is 0.0480. The number of ether oxygens (including phenoxy) is 3. The van der Waals surface area contributed by atoms with Crippen LogP contribution < -0.4 is 9.47 Å². The number of amides is 1. The molecule has 0 unspecified atom stereocenters. The van der Waals surface area contributed by atoms with Crippen LogP contribution in [0, 0.1) is 5.92 Å². The first-order valence-electron chi connectivity index (χ1n) is 7.19. The molecule has 1 aromatic carbocycles. The summed E-state index contributed by atoms with van der Waals surface area (Å²) in [6.45, 7) is 2.33. The van der Waals surface area contributed by atoms with Gasteiger partial charge < -0.3 is 19.1 Å². The van der Waals surface area contributed by atoms with Gasteiger partial charge in [0.25, 0.3) is 5.91 Å². The van der Waals surface area contributed by atoms with Gasteiger partial charge in [-0.25, -0.2) is 0 Å². The van der Waals surface area contributed by atoms with Crippen LogP contribution >= 0.6 is 0 Å². The Morgan fingerprint density at radius 2 is 1.81 bits per heavy atom. The first kappa shape index (κ1) is 15.6. The monoisotopic (exact) mass is 293 g/mol. The van der Waals surface area contributed by atoms with Crippen LogP contribution in [0.1, 0.15) is 23.2 Å². The number of hydrogen-bond acceptors (Lipinski definition) is 4. The Kier molecular flexibility index (Phi) is 5.44. The van der Waals surface area contributed by atoms with Crippen molar-refractivity contribution in [3.63, 3.8) is 0 Å². The molecule has 0 bridgehead atoms. The number of methoxy groups -OCH3 is 3. The topological polar surface area (TPSA) is 48.0 Å². The van der Waals surface area contributed by atoms with Crippen molar-refractivity contribution in [3.8, 4) is 11.5 Å². The van der Waals surface area contributed by atoms with Crippen LogP contribution in [0.25, 0.3) is 0 Å². The van der Waals surface area contributed by atoms with Crippen LogP contribution in [-0.2, 0) is 4.74 Å². The number of piperidine rings is 1. The van der Waals surface area contributed by atoms with Crippen LogP contribution in [0.4, 0.5) is 0 Å². The Hall–Kier alpha value is -1.75. The zero-order valence-corrected chi connectivity index (χ0v) is 12.9. The second-order valence-electron chi connectivity index (χ2n) is 5.26. The summed E-state index contributed by atoms with van der Waals surface area (Å²) in [5.41, 5.74) is 0.637. The first-order chi connectivity index (χ1) is 10.2. The van der Waals surface area contributed by atoms with E-state index in [0.717, 1.165) is 32.5 Å². The second-order valence-corrected chi connectivity index (χ2v) is 5.26. The van der Waals surface area contributed by atoms with Gasteiger partial charge in [0.1, 0.15) is 0 Å². The van der Waals surface area contributed by atoms with Crippen molar-refractivity contribution in [3.05, 3.63) is 23.8 Å². The lowest BCUT2D eigenvalue weighted by Gasteiger charge is -2.31. The molecule has 21 heavy (non-hydrogen) atoms. The summed E-state index contributed by atoms with van der Waals surface area (Å²) < 4.78 is 15.6. The molecule has 1 aliphatic heterocycles. The number of carbonyl (C=O) groups excluding carboxylic acids is 1. The van der Waals surface area contributed by atoms with E-state index in [9.17, 15) is 4.79 Å². The van der Waals surface area contributed by atoms with Crippen molar-refractivity contribution >= 4 is 5.91 Å². The zero-order chi connectivity index (χ0) is 15.2. The number of hydrogen-bond donors (Lipinski definition) is 0. The van der Waals surface area contributed by atoms with Crippen molar-refractivity contribution in [2.45, 2.75) is 12.8 Å². The zero-order valence-electron chi connectivity index (χ0n) is 12.9. The molecule has 1 aliphatic rings. The molecule has 0 atom stereocenters. The average Bonchev–Trinajstić information content (AvgIpc) is 2.54. The Bertz CT molecular complexity index is 481. The number of carbonyl (C=O) groups is 1. The predicted molar refractivity (Wildman–Crippen MR) is 80.0 cm³/mol. The highest BCUT2D eigenvalue weighted by Crippen LogP contribution is 2.28. The maximum absolute atomic E-state index is 12.5. The highest BCUT2D eigenvalue weighted by Gasteiger charge is 2.24. The summed E-state index contributed by atoms with van der Waals surface area (Å²) in [4.78, 5) is 14.4. The van der Waals surface area contributed by atoms with Crippen LogP contribution in [-0.4, -0.2) is 51.8 Å². The summed E-state index contributed by atoms with van der Waals surface area (Å²) in [5, 5.41) is 0. The Morgan fingerprint density at radius 3 is 2.38 bits per heavy atom. The second kappa shape index (κ2) is 7.31. The van der Waals surface area contributed by atoms with Crippen LogP contribution in [0.15, 0.2) is 18.2 Å². The maximum Gasteiger partial charge on any atom is 0.253 e. The van der Waals surface area contributed by atoms with E-state index in [-0.39, 0.29) is 5.91 Å². The molecule has 116 valence electrons. The standard InChI is InChI=1S/C16H23NO4/c1-19-11-12-6-8-17(9-7-12)16(18)13-4-5-14(20-2)15(10-13)21-3/h4-5,10,12H,6-9,11H2,1-3H3. The molecule has 5 heteroatoms. The fourth-order valence-electron chi connectivity index (χ4n) is 2.69. The maximum atomic E-state index is 12.5. The molecule has 1 saturated heterocycles. The molecule has 0 radical (unpaired) electrons. The van der Waals surface area contributed by atoms with Crippen molar-refractivity contribution in [1.82, 2.24) is 4.90 Å². The summed E-state index contributed by atoms with van der Waals surface area (Å²) in [7, 11) is 4.88. The fourth-order valence-corrected chi connectivity index (χ4v) is 2.69. The van der Waals surface area contributed by atoms with E-state index < -0.39 is 0 Å². The van der Waals surface area contributed by atoms with E-state index in [2.05, 4.69) is 0 Å². The SMILES string of the molecule is COCC1CCN(C(=O)c2ccc(OC)c(OC)c2)CC1. The summed E-state index contributed by atoms with van der Waals surface area (Å²) in [5.74, 6) is 1.82. The lowest BCUT2D eigenvalue weighted by Crippen LogP contribution is -2.39. The third-order valence-corrected chi connectivity index (χ3v) is 3.93. The van der Waals surface area contributed by atoms with Crippen molar-refractivity contribution < 1.29 is 19.0 Å². The minimum Gasteiger partial charge on any atom is -0.493 e. The highest BCUT2D eigenvalue weighted by molar-refractivity contribution is 5.95. The number of nitrogens with zero attached hydrogens (tertiary/aromatic N) is 1. The number of likely N-dealkylation sites (tertiary alicyclic amines) is 1. The van der Waals surface area contributed by atoms with E-state index in [1.807, 2.05) is 4.90 Å². The molecule has 1 fully saturated rings. The Balaban J connectivity index is 2.04. The van der Waals surface area contributed by atoms with E-state index >= 15 is 0 Å². The fraction of sp³-hybridized carbons (Fsp3) is 0.562. The molecule has 0 aliphatic carbocycles. The van der Waals surface area contributed by atoms with Crippen molar-refractivity contribution in [2.75, 3.05) is 41.0 Å². The van der Waals surface area contributed by atoms with E-state index in [1.54, 1.807) is 39.5 Å². The molecule has 1 amide bonds. The third kappa shape index (κ3) is 3.67. The quantitative estimate of drug-likeness (QED) is 0.835. The van der Waals surface area contributed by atoms with Gasteiger partial charge in [0, 0.05) is 32.4 Å². The lowest BCUT2D eigenvalue weighted by molar-refractivity contribution is 0.0613. The largest absolute Gasteiger partial charge is 0.493 e. The summed E-state index contributed by atoms with van der Waals surface area (Å²) in [6, 6.07) is 5.29. The lowest BCUT2D eigenvalue weighted by atomic mass is 9.97. The van der Waals surface area contributed by atoms with Gasteiger partial charge in [-0.1, -0.05) is 0 Å². The molecule has 0 saturated carbocycles. The summed E-state index contributed by atoms with van der Waals surface area (Å²) in [6.07, 6.45) is 1.99. The van der Waals surface area contributed by atoms with Gasteiger partial charge in [0.2, 0.25) is 0 Å². The molecule has 1 aromatic rings. The van der Waals surface area contributed by atoms with E-state index in [0.29, 0.717) is 23.0 Å². The summed E-state index contributed by atoms with van der Waals surface area (Å²) >= 11 is 0. The van der Waals surface area contributed by atoms with Gasteiger partial charge in [0.05, 0.1) is 14.2 Å². The van der Waals surface area contributed by atoms with Gasteiger partial charge >= 0.3 is 0 Å². The molecule has 0 N–H and O–H groups in total. The predicted octanol–water partition coefficient (Wildman–Crippen LogP) is 2.20. The first-order valence-corrected chi connectivity index (χ1v) is 7.19. The average molecular weight is 293 g/mol. The number of benzene rings is 1. The molecule has 1 heterocycles. The van der Waals surface area contributed by atoms with E-state index in [4.69, 9.17) is 14.2 Å². The van der Waals surface area contributed by atoms with Gasteiger partial charge in [0.15, 0.2) is 11.5 Å². The van der Waals surface area contributed by atoms with Crippen LogP contribution in [0.5, 0.6) is 11.5 Å². The Labute approximate surface area is 125 Å². The van der Waals surface area contributed by atoms with Gasteiger partial charge in [-0.15, -0.1) is 0 Å². The smallest absolute Gasteiger partial charge is 0.253 e. The molecule has 5 nitrogen and oxygen atoms in total. The third-order valence-electron chi connectivity index (χ3n) is 3.93. The molecule has 2 rings (SSSR count). The molecule has 0 aromatic heterocycles. The normalized spacial score (nSPS) is 15.9. The van der Waals surface area contributed by atoms with Crippen LogP contribution in [0.2, 0.25) is 0 Å². The van der Waals surface area contributed by atoms with Crippen LogP contribution in [0.3, 0.4) is 0 Å². The number of rotatable bonds is 5. The molecular weight excluding hydrogens is 270 g/mol. The van der Waals surface area contributed by atoms with Crippen molar-refractivity contribution in [2.24, 2.45) is 5.92 Å². The highest BCUT2D eigenvalue weighted by atomic mass is 16.5. The van der Waals surface area contributed by atoms with Gasteiger partial charge in [-0.05, 0) is 37.0 Å². The Morgan fingerprint density at radius 1 is 1.14 bits per heavy atom.